The van der Waals surface area contributed by atoms with E-state index in [-0.39, 0.29) is 24.2 Å². The van der Waals surface area contributed by atoms with Crippen LogP contribution >= 0.6 is 15.9 Å². The Kier molecular flexibility index (Phi) is 9.18. The highest BCUT2D eigenvalue weighted by Crippen LogP contribution is 2.30. The lowest BCUT2D eigenvalue weighted by atomic mass is 10.1. The van der Waals surface area contributed by atoms with Crippen molar-refractivity contribution in [2.45, 2.75) is 51.2 Å². The summed E-state index contributed by atoms with van der Waals surface area (Å²) in [6.45, 7) is 1.36. The number of hydrogen-bond donors (Lipinski definition) is 1. The van der Waals surface area contributed by atoms with Gasteiger partial charge in [0.25, 0.3) is 0 Å². The number of methoxy groups -OCH3 is 1. The molecule has 1 aliphatic carbocycles. The van der Waals surface area contributed by atoms with Crippen LogP contribution < -0.4 is 14.4 Å². The zero-order chi connectivity index (χ0) is 25.6. The van der Waals surface area contributed by atoms with E-state index in [1.807, 2.05) is 24.3 Å². The Bertz CT molecular complexity index is 1150. The molecule has 1 saturated carbocycles. The fraction of sp³-hybridized carbons (Fsp3) is 0.440. The molecule has 0 saturated heterocycles. The van der Waals surface area contributed by atoms with Crippen LogP contribution in [-0.2, 0) is 26.2 Å². The standard InChI is InChI=1S/C25H32BrN3O5S/c1-18(25(31)27-21-11-4-5-12-21)28(16-19-9-8-10-20(26)15-19)24(30)17-29(35(3,32)33)22-13-6-7-14-23(22)34-2/h6-10,13-15,18,21H,4-5,11-12,16-17H2,1-3H3,(H,27,31). The first-order valence-corrected chi connectivity index (χ1v) is 14.2. The summed E-state index contributed by atoms with van der Waals surface area (Å²) >= 11 is 3.44. The van der Waals surface area contributed by atoms with Gasteiger partial charge in [-0.2, -0.15) is 0 Å². The minimum Gasteiger partial charge on any atom is -0.495 e. The summed E-state index contributed by atoms with van der Waals surface area (Å²) in [5, 5.41) is 3.05. The van der Waals surface area contributed by atoms with Crippen molar-refractivity contribution in [3.63, 3.8) is 0 Å². The molecular formula is C25H32BrN3O5S. The van der Waals surface area contributed by atoms with Crippen molar-refractivity contribution in [1.29, 1.82) is 0 Å². The van der Waals surface area contributed by atoms with E-state index in [9.17, 15) is 18.0 Å². The van der Waals surface area contributed by atoms with Crippen molar-refractivity contribution < 1.29 is 22.7 Å². The maximum absolute atomic E-state index is 13.6. The van der Waals surface area contributed by atoms with Gasteiger partial charge in [0.15, 0.2) is 0 Å². The molecule has 0 radical (unpaired) electrons. The predicted octanol–water partition coefficient (Wildman–Crippen LogP) is 3.70. The molecule has 1 fully saturated rings. The molecule has 2 amide bonds. The average molecular weight is 567 g/mol. The SMILES string of the molecule is COc1ccccc1N(CC(=O)N(Cc1cccc(Br)c1)C(C)C(=O)NC1CCCC1)S(C)(=O)=O. The smallest absolute Gasteiger partial charge is 0.244 e. The van der Waals surface area contributed by atoms with Crippen molar-refractivity contribution in [3.8, 4) is 5.75 Å². The molecule has 1 aliphatic rings. The van der Waals surface area contributed by atoms with E-state index in [2.05, 4.69) is 21.2 Å². The number of amides is 2. The van der Waals surface area contributed by atoms with E-state index in [1.165, 1.54) is 12.0 Å². The molecule has 3 rings (SSSR count). The zero-order valence-electron chi connectivity index (χ0n) is 20.2. The molecule has 0 spiro atoms. The highest BCUT2D eigenvalue weighted by molar-refractivity contribution is 9.10. The van der Waals surface area contributed by atoms with Gasteiger partial charge < -0.3 is 15.0 Å². The molecule has 2 aromatic rings. The zero-order valence-corrected chi connectivity index (χ0v) is 22.6. The van der Waals surface area contributed by atoms with Crippen LogP contribution in [0.25, 0.3) is 0 Å². The summed E-state index contributed by atoms with van der Waals surface area (Å²) in [7, 11) is -2.38. The van der Waals surface area contributed by atoms with Gasteiger partial charge in [-0.15, -0.1) is 0 Å². The van der Waals surface area contributed by atoms with Gasteiger partial charge in [0.2, 0.25) is 21.8 Å². The molecule has 1 unspecified atom stereocenters. The second-order valence-corrected chi connectivity index (χ2v) is 11.6. The number of carbonyl (C=O) groups excluding carboxylic acids is 2. The number of sulfonamides is 1. The van der Waals surface area contributed by atoms with Crippen LogP contribution in [-0.4, -0.2) is 57.1 Å². The number of rotatable bonds is 10. The Balaban J connectivity index is 1.90. The summed E-state index contributed by atoms with van der Waals surface area (Å²) in [4.78, 5) is 28.2. The van der Waals surface area contributed by atoms with Crippen molar-refractivity contribution >= 4 is 43.5 Å². The monoisotopic (exact) mass is 565 g/mol. The Morgan fingerprint density at radius 3 is 2.46 bits per heavy atom. The second kappa shape index (κ2) is 11.9. The fourth-order valence-corrected chi connectivity index (χ4v) is 5.54. The van der Waals surface area contributed by atoms with E-state index in [0.717, 1.165) is 46.3 Å². The molecule has 1 atom stereocenters. The molecule has 190 valence electrons. The number of para-hydroxylation sites is 2. The van der Waals surface area contributed by atoms with Crippen molar-refractivity contribution in [2.75, 3.05) is 24.2 Å². The molecule has 35 heavy (non-hydrogen) atoms. The number of anilines is 1. The fourth-order valence-electron chi connectivity index (χ4n) is 4.24. The molecule has 10 heteroatoms. The molecule has 0 aliphatic heterocycles. The summed E-state index contributed by atoms with van der Waals surface area (Å²) in [6.07, 6.45) is 5.04. The lowest BCUT2D eigenvalue weighted by molar-refractivity contribution is -0.139. The van der Waals surface area contributed by atoms with Crippen LogP contribution in [0.15, 0.2) is 53.0 Å². The molecule has 1 N–H and O–H groups in total. The van der Waals surface area contributed by atoms with Crippen molar-refractivity contribution in [1.82, 2.24) is 10.2 Å². The molecule has 0 heterocycles. The van der Waals surface area contributed by atoms with E-state index in [1.54, 1.807) is 31.2 Å². The summed E-state index contributed by atoms with van der Waals surface area (Å²) in [5.74, 6) is -0.407. The third-order valence-corrected chi connectivity index (χ3v) is 7.76. The van der Waals surface area contributed by atoms with Gasteiger partial charge in [0.05, 0.1) is 19.1 Å². The Morgan fingerprint density at radius 1 is 1.14 bits per heavy atom. The van der Waals surface area contributed by atoms with E-state index >= 15 is 0 Å². The van der Waals surface area contributed by atoms with Gasteiger partial charge in [-0.3, -0.25) is 13.9 Å². The van der Waals surface area contributed by atoms with Crippen LogP contribution in [0.5, 0.6) is 5.75 Å². The van der Waals surface area contributed by atoms with Crippen LogP contribution in [0, 0.1) is 0 Å². The maximum Gasteiger partial charge on any atom is 0.244 e. The van der Waals surface area contributed by atoms with Crippen LogP contribution in [0.2, 0.25) is 0 Å². The highest BCUT2D eigenvalue weighted by atomic mass is 79.9. The number of carbonyl (C=O) groups is 2. The number of halogens is 1. The maximum atomic E-state index is 13.6. The molecule has 8 nitrogen and oxygen atoms in total. The topological polar surface area (TPSA) is 96.0 Å². The molecule has 0 aromatic heterocycles. The molecular weight excluding hydrogens is 534 g/mol. The van der Waals surface area contributed by atoms with E-state index in [4.69, 9.17) is 4.74 Å². The number of hydrogen-bond acceptors (Lipinski definition) is 5. The Hall–Kier alpha value is -2.59. The van der Waals surface area contributed by atoms with E-state index < -0.39 is 28.5 Å². The van der Waals surface area contributed by atoms with Crippen LogP contribution in [0.3, 0.4) is 0 Å². The van der Waals surface area contributed by atoms with Gasteiger partial charge in [0, 0.05) is 17.1 Å². The average Bonchev–Trinajstić information content (AvgIpc) is 3.32. The normalized spacial score (nSPS) is 14.9. The first kappa shape index (κ1) is 27.0. The van der Waals surface area contributed by atoms with Crippen molar-refractivity contribution in [2.24, 2.45) is 0 Å². The third-order valence-electron chi connectivity index (χ3n) is 6.14. The van der Waals surface area contributed by atoms with Gasteiger partial charge in [-0.1, -0.05) is 53.0 Å². The van der Waals surface area contributed by atoms with Gasteiger partial charge in [-0.05, 0) is 49.6 Å². The summed E-state index contributed by atoms with van der Waals surface area (Å²) in [5.41, 5.74) is 1.08. The van der Waals surface area contributed by atoms with Gasteiger partial charge in [-0.25, -0.2) is 8.42 Å². The third kappa shape index (κ3) is 7.20. The lowest BCUT2D eigenvalue weighted by Crippen LogP contribution is -2.52. The Morgan fingerprint density at radius 2 is 1.83 bits per heavy atom. The number of benzene rings is 2. The second-order valence-electron chi connectivity index (χ2n) is 8.76. The van der Waals surface area contributed by atoms with Gasteiger partial charge in [0.1, 0.15) is 18.3 Å². The largest absolute Gasteiger partial charge is 0.495 e. The van der Waals surface area contributed by atoms with E-state index in [0.29, 0.717) is 5.75 Å². The Labute approximate surface area is 215 Å². The minimum absolute atomic E-state index is 0.105. The highest BCUT2D eigenvalue weighted by Gasteiger charge is 2.32. The van der Waals surface area contributed by atoms with Crippen LogP contribution in [0.4, 0.5) is 5.69 Å². The lowest BCUT2D eigenvalue weighted by Gasteiger charge is -2.32. The summed E-state index contributed by atoms with van der Waals surface area (Å²) < 4.78 is 32.6. The number of ether oxygens (including phenoxy) is 1. The molecule has 2 aromatic carbocycles. The quantitative estimate of drug-likeness (QED) is 0.473. The summed E-state index contributed by atoms with van der Waals surface area (Å²) in [6, 6.07) is 13.4. The predicted molar refractivity (Wildman–Crippen MR) is 140 cm³/mol. The first-order chi connectivity index (χ1) is 16.6. The van der Waals surface area contributed by atoms with Crippen LogP contribution in [0.1, 0.15) is 38.2 Å². The van der Waals surface area contributed by atoms with Crippen molar-refractivity contribution in [3.05, 3.63) is 58.6 Å². The molecule has 0 bridgehead atoms. The van der Waals surface area contributed by atoms with Gasteiger partial charge >= 0.3 is 0 Å². The first-order valence-electron chi connectivity index (χ1n) is 11.5. The minimum atomic E-state index is -3.83. The number of nitrogens with zero attached hydrogens (tertiary/aromatic N) is 2. The number of nitrogens with one attached hydrogen (secondary N) is 1.